The van der Waals surface area contributed by atoms with Crippen LogP contribution in [0.2, 0.25) is 0 Å². The first-order valence-corrected chi connectivity index (χ1v) is 9.23. The molecule has 0 fully saturated rings. The van der Waals surface area contributed by atoms with E-state index in [0.717, 1.165) is 34.1 Å². The van der Waals surface area contributed by atoms with Crippen LogP contribution < -0.4 is 20.5 Å². The van der Waals surface area contributed by atoms with E-state index in [-0.39, 0.29) is 0 Å². The number of aliphatic imine (C=N–C) groups is 1. The van der Waals surface area contributed by atoms with Crippen LogP contribution in [0.4, 0.5) is 5.95 Å². The predicted octanol–water partition coefficient (Wildman–Crippen LogP) is 2.81. The van der Waals surface area contributed by atoms with E-state index in [2.05, 4.69) is 15.3 Å². The molecule has 0 saturated heterocycles. The lowest BCUT2D eigenvalue weighted by Gasteiger charge is -2.24. The van der Waals surface area contributed by atoms with Gasteiger partial charge in [0.1, 0.15) is 5.75 Å². The number of phenolic OH excluding ortho intramolecular Hbond substituents is 1. The number of phenols is 1. The Kier molecular flexibility index (Phi) is 3.61. The summed E-state index contributed by atoms with van der Waals surface area (Å²) in [7, 11) is 0. The van der Waals surface area contributed by atoms with Crippen molar-refractivity contribution in [1.82, 2.24) is 9.55 Å². The third kappa shape index (κ3) is 2.52. The van der Waals surface area contributed by atoms with E-state index >= 15 is 0 Å². The number of nitrogens with one attached hydrogen (secondary N) is 1. The Morgan fingerprint density at radius 2 is 1.79 bits per heavy atom. The molecule has 2 aliphatic heterocycles. The molecule has 0 amide bonds. The van der Waals surface area contributed by atoms with Crippen LogP contribution in [0.5, 0.6) is 17.2 Å². The Bertz CT molecular complexity index is 1110. The minimum Gasteiger partial charge on any atom is -0.507 e. The lowest BCUT2D eigenvalue weighted by molar-refractivity contribution is 0.297. The molecule has 0 bridgehead atoms. The van der Waals surface area contributed by atoms with Gasteiger partial charge in [-0.25, -0.2) is 9.98 Å². The molecule has 0 spiro atoms. The zero-order chi connectivity index (χ0) is 19.4. The van der Waals surface area contributed by atoms with E-state index in [9.17, 15) is 5.11 Å². The molecule has 5 rings (SSSR count). The van der Waals surface area contributed by atoms with Gasteiger partial charge in [0.25, 0.3) is 0 Å². The summed E-state index contributed by atoms with van der Waals surface area (Å²) in [5, 5.41) is 13.2. The molecule has 1 unspecified atom stereocenters. The van der Waals surface area contributed by atoms with E-state index in [1.807, 2.05) is 42.7 Å². The lowest BCUT2D eigenvalue weighted by atomic mass is 10.0. The first-order chi connectivity index (χ1) is 13.5. The second-order valence-electron chi connectivity index (χ2n) is 7.16. The van der Waals surface area contributed by atoms with Gasteiger partial charge in [-0.15, -0.1) is 0 Å². The highest BCUT2D eigenvalue weighted by molar-refractivity contribution is 5.95. The van der Waals surface area contributed by atoms with E-state index in [0.29, 0.717) is 42.4 Å². The summed E-state index contributed by atoms with van der Waals surface area (Å²) in [6.45, 7) is 4.98. The third-order valence-corrected chi connectivity index (χ3v) is 5.12. The molecule has 3 aromatic rings. The van der Waals surface area contributed by atoms with Gasteiger partial charge in [-0.2, -0.15) is 0 Å². The van der Waals surface area contributed by atoms with Crippen LogP contribution in [-0.2, 0) is 0 Å². The highest BCUT2D eigenvalue weighted by Crippen LogP contribution is 2.39. The van der Waals surface area contributed by atoms with E-state index in [1.54, 1.807) is 0 Å². The zero-order valence-electron chi connectivity index (χ0n) is 15.7. The Hall–Kier alpha value is -3.42. The minimum atomic E-state index is -0.399. The Morgan fingerprint density at radius 3 is 2.50 bits per heavy atom. The molecule has 2 aliphatic rings. The van der Waals surface area contributed by atoms with Crippen molar-refractivity contribution in [1.29, 1.82) is 0 Å². The van der Waals surface area contributed by atoms with Gasteiger partial charge >= 0.3 is 0 Å². The van der Waals surface area contributed by atoms with E-state index in [1.165, 1.54) is 0 Å². The van der Waals surface area contributed by atoms with E-state index in [4.69, 9.17) is 15.2 Å². The SMILES string of the molecule is Cc1cc(C2N=C(N)Nc3nc4cc5c(cc4n32)OCCCO5)cc(C)c1O. The quantitative estimate of drug-likeness (QED) is 0.600. The van der Waals surface area contributed by atoms with Gasteiger partial charge in [0, 0.05) is 18.6 Å². The second-order valence-corrected chi connectivity index (χ2v) is 7.16. The first kappa shape index (κ1) is 16.7. The highest BCUT2D eigenvalue weighted by atomic mass is 16.5. The van der Waals surface area contributed by atoms with Crippen molar-refractivity contribution >= 4 is 22.9 Å². The van der Waals surface area contributed by atoms with Crippen LogP contribution in [0.25, 0.3) is 11.0 Å². The third-order valence-electron chi connectivity index (χ3n) is 5.12. The van der Waals surface area contributed by atoms with Gasteiger partial charge in [0.05, 0.1) is 24.2 Å². The largest absolute Gasteiger partial charge is 0.507 e. The van der Waals surface area contributed by atoms with Crippen molar-refractivity contribution in [3.05, 3.63) is 41.0 Å². The number of imidazole rings is 1. The number of aryl methyl sites for hydroxylation is 2. The number of rotatable bonds is 1. The maximum atomic E-state index is 10.1. The second kappa shape index (κ2) is 6.05. The number of aromatic hydroxyl groups is 1. The average molecular weight is 379 g/mol. The molecule has 8 nitrogen and oxygen atoms in total. The van der Waals surface area contributed by atoms with Crippen LogP contribution in [0, 0.1) is 13.8 Å². The number of hydrogen-bond donors (Lipinski definition) is 3. The number of aromatic nitrogens is 2. The Balaban J connectivity index is 1.72. The molecule has 144 valence electrons. The number of fused-ring (bicyclic) bond motifs is 4. The van der Waals surface area contributed by atoms with Crippen LogP contribution in [0.15, 0.2) is 29.3 Å². The molecule has 4 N–H and O–H groups in total. The summed E-state index contributed by atoms with van der Waals surface area (Å²) in [4.78, 5) is 9.30. The summed E-state index contributed by atoms with van der Waals surface area (Å²) in [6.07, 6.45) is 0.443. The molecule has 0 radical (unpaired) electrons. The summed E-state index contributed by atoms with van der Waals surface area (Å²) in [5.74, 6) is 2.59. The monoisotopic (exact) mass is 379 g/mol. The standard InChI is InChI=1S/C20H21N5O3/c1-10-6-12(7-11(2)17(10)26)18-23-19(21)24-20-22-13-8-15-16(9-14(13)25(18)20)28-5-3-4-27-15/h6-9,18,26H,3-5H2,1-2H3,(H3,21,22,23,24). The Labute approximate surface area is 161 Å². The molecule has 8 heteroatoms. The van der Waals surface area contributed by atoms with Gasteiger partial charge in [-0.1, -0.05) is 0 Å². The van der Waals surface area contributed by atoms with Crippen LogP contribution in [0.3, 0.4) is 0 Å². The van der Waals surface area contributed by atoms with Gasteiger partial charge in [0.2, 0.25) is 5.95 Å². The number of nitrogens with two attached hydrogens (primary N) is 1. The maximum Gasteiger partial charge on any atom is 0.212 e. The fourth-order valence-corrected chi connectivity index (χ4v) is 3.79. The highest BCUT2D eigenvalue weighted by Gasteiger charge is 2.27. The smallest absolute Gasteiger partial charge is 0.212 e. The normalized spacial score (nSPS) is 18.2. The van der Waals surface area contributed by atoms with E-state index < -0.39 is 6.17 Å². The molecule has 1 aromatic heterocycles. The summed E-state index contributed by atoms with van der Waals surface area (Å²) in [6, 6.07) is 7.68. The van der Waals surface area contributed by atoms with Gasteiger partial charge in [-0.05, 0) is 42.7 Å². The fourth-order valence-electron chi connectivity index (χ4n) is 3.79. The molecule has 28 heavy (non-hydrogen) atoms. The maximum absolute atomic E-state index is 10.1. The fraction of sp³-hybridized carbons (Fsp3) is 0.300. The number of anilines is 1. The van der Waals surface area contributed by atoms with Gasteiger partial charge in [-0.3, -0.25) is 9.88 Å². The van der Waals surface area contributed by atoms with Crippen molar-refractivity contribution in [2.75, 3.05) is 18.5 Å². The Morgan fingerprint density at radius 1 is 1.11 bits per heavy atom. The van der Waals surface area contributed by atoms with Crippen LogP contribution in [0.1, 0.15) is 29.3 Å². The lowest BCUT2D eigenvalue weighted by Crippen LogP contribution is -2.31. The van der Waals surface area contributed by atoms with Crippen molar-refractivity contribution in [3.63, 3.8) is 0 Å². The molecule has 3 heterocycles. The van der Waals surface area contributed by atoms with Crippen molar-refractivity contribution in [3.8, 4) is 17.2 Å². The number of hydrogen-bond acceptors (Lipinski definition) is 7. The number of ether oxygens (including phenoxy) is 2. The van der Waals surface area contributed by atoms with Crippen molar-refractivity contribution in [2.45, 2.75) is 26.4 Å². The number of guanidine groups is 1. The summed E-state index contributed by atoms with van der Waals surface area (Å²) < 4.78 is 13.6. The zero-order valence-corrected chi connectivity index (χ0v) is 15.7. The van der Waals surface area contributed by atoms with Crippen LogP contribution >= 0.6 is 0 Å². The van der Waals surface area contributed by atoms with Crippen LogP contribution in [-0.4, -0.2) is 33.8 Å². The molecule has 1 atom stereocenters. The molecule has 2 aromatic carbocycles. The number of benzene rings is 2. The predicted molar refractivity (Wildman–Crippen MR) is 106 cm³/mol. The molecule has 0 aliphatic carbocycles. The number of nitrogens with zero attached hydrogens (tertiary/aromatic N) is 3. The molecular weight excluding hydrogens is 358 g/mol. The van der Waals surface area contributed by atoms with Crippen molar-refractivity contribution in [2.24, 2.45) is 10.7 Å². The summed E-state index contributed by atoms with van der Waals surface area (Å²) >= 11 is 0. The minimum absolute atomic E-state index is 0.293. The molecule has 0 saturated carbocycles. The van der Waals surface area contributed by atoms with Gasteiger partial charge in [0.15, 0.2) is 23.6 Å². The topological polar surface area (TPSA) is 107 Å². The van der Waals surface area contributed by atoms with Crippen molar-refractivity contribution < 1.29 is 14.6 Å². The summed E-state index contributed by atoms with van der Waals surface area (Å²) in [5.41, 5.74) is 10.2. The first-order valence-electron chi connectivity index (χ1n) is 9.23. The molecular formula is C20H21N5O3. The average Bonchev–Trinajstić information content (AvgIpc) is 2.84. The van der Waals surface area contributed by atoms with Gasteiger partial charge < -0.3 is 20.3 Å².